The molecule has 0 aliphatic rings. The van der Waals surface area contributed by atoms with Gasteiger partial charge in [0.25, 0.3) is 0 Å². The van der Waals surface area contributed by atoms with Crippen LogP contribution in [0.3, 0.4) is 0 Å². The minimum atomic E-state index is -0.322. The van der Waals surface area contributed by atoms with Crippen LogP contribution in [-0.2, 0) is 11.2 Å². The minimum absolute atomic E-state index is 0.0925. The Morgan fingerprint density at radius 1 is 1.38 bits per heavy atom. The molecule has 0 saturated carbocycles. The first-order valence-corrected chi connectivity index (χ1v) is 4.05. The number of hydrogen-bond donors (Lipinski definition) is 0. The first-order chi connectivity index (χ1) is 6.11. The highest BCUT2D eigenvalue weighted by Crippen LogP contribution is 2.07. The third-order valence-electron chi connectivity index (χ3n) is 1.80. The van der Waals surface area contributed by atoms with E-state index in [1.807, 2.05) is 0 Å². The first kappa shape index (κ1) is 9.71. The normalized spacial score (nSPS) is 9.77. The lowest BCUT2D eigenvalue weighted by atomic mass is 10.1. The van der Waals surface area contributed by atoms with E-state index in [1.54, 1.807) is 32.3 Å². The van der Waals surface area contributed by atoms with Crippen molar-refractivity contribution < 1.29 is 9.18 Å². The molecular weight excluding hydrogens is 169 g/mol. The molecule has 0 aliphatic carbocycles. The fourth-order valence-corrected chi connectivity index (χ4v) is 0.963. The van der Waals surface area contributed by atoms with Crippen LogP contribution in [0.15, 0.2) is 24.3 Å². The standard InChI is InChI=1S/C10H12FNO/c1-12(2)10(13)7-8-5-3-4-6-9(8)11/h3-6H,7H2,1-2H3. The summed E-state index contributed by atoms with van der Waals surface area (Å²) in [6.45, 7) is 0. The molecule has 13 heavy (non-hydrogen) atoms. The van der Waals surface area contributed by atoms with Crippen molar-refractivity contribution in [3.8, 4) is 0 Å². The summed E-state index contributed by atoms with van der Waals surface area (Å²) in [5.74, 6) is -0.414. The Morgan fingerprint density at radius 2 is 2.00 bits per heavy atom. The maximum Gasteiger partial charge on any atom is 0.226 e. The molecule has 1 aromatic carbocycles. The van der Waals surface area contributed by atoms with Crippen molar-refractivity contribution in [3.63, 3.8) is 0 Å². The molecule has 0 saturated heterocycles. The summed E-state index contributed by atoms with van der Waals surface area (Å²) in [4.78, 5) is 12.7. The van der Waals surface area contributed by atoms with Gasteiger partial charge in [-0.1, -0.05) is 18.2 Å². The van der Waals surface area contributed by atoms with Crippen molar-refractivity contribution in [1.82, 2.24) is 4.90 Å². The Labute approximate surface area is 77.0 Å². The van der Waals surface area contributed by atoms with E-state index in [0.717, 1.165) is 0 Å². The van der Waals surface area contributed by atoms with Gasteiger partial charge in [-0.05, 0) is 11.6 Å². The monoisotopic (exact) mass is 181 g/mol. The lowest BCUT2D eigenvalue weighted by molar-refractivity contribution is -0.128. The molecule has 0 spiro atoms. The van der Waals surface area contributed by atoms with E-state index in [1.165, 1.54) is 11.0 Å². The summed E-state index contributed by atoms with van der Waals surface area (Å²) in [5.41, 5.74) is 0.446. The number of amides is 1. The summed E-state index contributed by atoms with van der Waals surface area (Å²) in [6, 6.07) is 6.31. The Balaban J connectivity index is 2.75. The largest absolute Gasteiger partial charge is 0.349 e. The van der Waals surface area contributed by atoms with Crippen LogP contribution in [0.4, 0.5) is 4.39 Å². The summed E-state index contributed by atoms with van der Waals surface area (Å²) >= 11 is 0. The molecule has 0 heterocycles. The molecular formula is C10H12FNO. The number of carbonyl (C=O) groups is 1. The number of rotatable bonds is 2. The van der Waals surface area contributed by atoms with Crippen LogP contribution in [0.25, 0.3) is 0 Å². The van der Waals surface area contributed by atoms with Crippen molar-refractivity contribution in [3.05, 3.63) is 35.6 Å². The van der Waals surface area contributed by atoms with E-state index < -0.39 is 0 Å². The van der Waals surface area contributed by atoms with Gasteiger partial charge in [0.1, 0.15) is 5.82 Å². The van der Waals surface area contributed by atoms with Crippen molar-refractivity contribution >= 4 is 5.91 Å². The van der Waals surface area contributed by atoms with Crippen molar-refractivity contribution in [2.45, 2.75) is 6.42 Å². The van der Waals surface area contributed by atoms with Crippen molar-refractivity contribution in [1.29, 1.82) is 0 Å². The molecule has 0 aliphatic heterocycles. The molecule has 1 aromatic rings. The molecule has 70 valence electrons. The topological polar surface area (TPSA) is 20.3 Å². The molecule has 0 unspecified atom stereocenters. The Morgan fingerprint density at radius 3 is 2.54 bits per heavy atom. The van der Waals surface area contributed by atoms with Gasteiger partial charge in [-0.25, -0.2) is 4.39 Å². The van der Waals surface area contributed by atoms with Crippen molar-refractivity contribution in [2.75, 3.05) is 14.1 Å². The molecule has 1 amide bonds. The molecule has 2 nitrogen and oxygen atoms in total. The maximum absolute atomic E-state index is 13.0. The SMILES string of the molecule is CN(C)C(=O)Cc1ccccc1F. The van der Waals surface area contributed by atoms with Crippen LogP contribution >= 0.6 is 0 Å². The number of likely N-dealkylation sites (N-methyl/N-ethyl adjacent to an activating group) is 1. The number of hydrogen-bond acceptors (Lipinski definition) is 1. The Hall–Kier alpha value is -1.38. The van der Waals surface area contributed by atoms with Gasteiger partial charge in [0.2, 0.25) is 5.91 Å². The van der Waals surface area contributed by atoms with E-state index in [4.69, 9.17) is 0 Å². The Bertz CT molecular complexity index is 310. The van der Waals surface area contributed by atoms with E-state index in [-0.39, 0.29) is 18.1 Å². The zero-order valence-electron chi connectivity index (χ0n) is 7.75. The first-order valence-electron chi connectivity index (χ1n) is 4.05. The summed E-state index contributed by atoms with van der Waals surface area (Å²) in [6.07, 6.45) is 0.125. The Kier molecular flexibility index (Phi) is 3.01. The summed E-state index contributed by atoms with van der Waals surface area (Å²) in [5, 5.41) is 0. The second-order valence-electron chi connectivity index (χ2n) is 3.06. The molecule has 0 bridgehead atoms. The van der Waals surface area contributed by atoms with Gasteiger partial charge < -0.3 is 4.90 Å². The van der Waals surface area contributed by atoms with Crippen LogP contribution in [0, 0.1) is 5.82 Å². The van der Waals surface area contributed by atoms with Crippen molar-refractivity contribution in [2.24, 2.45) is 0 Å². The quantitative estimate of drug-likeness (QED) is 0.676. The van der Waals surface area contributed by atoms with E-state index in [2.05, 4.69) is 0 Å². The zero-order chi connectivity index (χ0) is 9.84. The van der Waals surface area contributed by atoms with Gasteiger partial charge in [-0.15, -0.1) is 0 Å². The molecule has 0 N–H and O–H groups in total. The number of carbonyl (C=O) groups excluding carboxylic acids is 1. The predicted octanol–water partition coefficient (Wildman–Crippen LogP) is 1.46. The highest BCUT2D eigenvalue weighted by atomic mass is 19.1. The molecule has 0 fully saturated rings. The molecule has 0 atom stereocenters. The highest BCUT2D eigenvalue weighted by Gasteiger charge is 2.08. The number of nitrogens with zero attached hydrogens (tertiary/aromatic N) is 1. The lowest BCUT2D eigenvalue weighted by Gasteiger charge is -2.10. The van der Waals surface area contributed by atoms with Gasteiger partial charge in [0.05, 0.1) is 6.42 Å². The average Bonchev–Trinajstić information content (AvgIpc) is 2.08. The molecule has 1 rings (SSSR count). The van der Waals surface area contributed by atoms with Gasteiger partial charge >= 0.3 is 0 Å². The predicted molar refractivity (Wildman–Crippen MR) is 48.8 cm³/mol. The van der Waals surface area contributed by atoms with Crippen LogP contribution < -0.4 is 0 Å². The average molecular weight is 181 g/mol. The van der Waals surface area contributed by atoms with Crippen LogP contribution in [0.1, 0.15) is 5.56 Å². The van der Waals surface area contributed by atoms with E-state index in [9.17, 15) is 9.18 Å². The van der Waals surface area contributed by atoms with Gasteiger partial charge in [0, 0.05) is 14.1 Å². The summed E-state index contributed by atoms with van der Waals surface area (Å²) < 4.78 is 13.0. The fourth-order valence-electron chi connectivity index (χ4n) is 0.963. The smallest absolute Gasteiger partial charge is 0.226 e. The third-order valence-corrected chi connectivity index (χ3v) is 1.80. The highest BCUT2D eigenvalue weighted by molar-refractivity contribution is 5.78. The molecule has 3 heteroatoms. The van der Waals surface area contributed by atoms with Crippen LogP contribution in [0.5, 0.6) is 0 Å². The van der Waals surface area contributed by atoms with E-state index >= 15 is 0 Å². The van der Waals surface area contributed by atoms with Crippen LogP contribution in [-0.4, -0.2) is 24.9 Å². The maximum atomic E-state index is 13.0. The van der Waals surface area contributed by atoms with Gasteiger partial charge in [-0.3, -0.25) is 4.79 Å². The van der Waals surface area contributed by atoms with Crippen LogP contribution in [0.2, 0.25) is 0 Å². The summed E-state index contributed by atoms with van der Waals surface area (Å²) in [7, 11) is 3.31. The molecule has 0 aromatic heterocycles. The van der Waals surface area contributed by atoms with Gasteiger partial charge in [-0.2, -0.15) is 0 Å². The second-order valence-corrected chi connectivity index (χ2v) is 3.06. The molecule has 0 radical (unpaired) electrons. The third kappa shape index (κ3) is 2.54. The second kappa shape index (κ2) is 4.03. The lowest BCUT2D eigenvalue weighted by Crippen LogP contribution is -2.23. The number of halogens is 1. The van der Waals surface area contributed by atoms with Gasteiger partial charge in [0.15, 0.2) is 0 Å². The zero-order valence-corrected chi connectivity index (χ0v) is 7.75. The fraction of sp³-hybridized carbons (Fsp3) is 0.300. The minimum Gasteiger partial charge on any atom is -0.349 e. The van der Waals surface area contributed by atoms with E-state index in [0.29, 0.717) is 5.56 Å². The number of benzene rings is 1.